The van der Waals surface area contributed by atoms with Crippen LogP contribution in [0.1, 0.15) is 36.1 Å². The molecule has 0 saturated carbocycles. The molecule has 7 nitrogen and oxygen atoms in total. The highest BCUT2D eigenvalue weighted by Crippen LogP contribution is 2.25. The van der Waals surface area contributed by atoms with Crippen molar-refractivity contribution in [1.82, 2.24) is 10.2 Å². The highest BCUT2D eigenvalue weighted by Gasteiger charge is 2.39. The van der Waals surface area contributed by atoms with Crippen LogP contribution in [0, 0.1) is 5.92 Å². The Balaban J connectivity index is 2.23. The van der Waals surface area contributed by atoms with Gasteiger partial charge in [0.15, 0.2) is 5.76 Å². The number of piperidine rings is 1. The summed E-state index contributed by atoms with van der Waals surface area (Å²) in [6.45, 7) is 1.98. The molecule has 22 heavy (non-hydrogen) atoms. The Kier molecular flexibility index (Phi) is 4.85. The number of carbonyl (C=O) groups is 3. The normalized spacial score (nSPS) is 21.5. The topological polar surface area (TPSA) is 99.9 Å². The van der Waals surface area contributed by atoms with E-state index in [9.17, 15) is 19.5 Å². The summed E-state index contributed by atoms with van der Waals surface area (Å²) < 4.78 is 5.41. The predicted molar refractivity (Wildman–Crippen MR) is 77.3 cm³/mol. The first kappa shape index (κ1) is 16.1. The van der Waals surface area contributed by atoms with E-state index in [0.717, 1.165) is 0 Å². The average Bonchev–Trinajstić information content (AvgIpc) is 3.01. The molecule has 2 amide bonds. The number of carboxylic acids is 1. The smallest absolute Gasteiger partial charge is 0.326 e. The van der Waals surface area contributed by atoms with Crippen LogP contribution in [0.2, 0.25) is 0 Å². The molecule has 2 atom stereocenters. The van der Waals surface area contributed by atoms with E-state index in [2.05, 4.69) is 5.32 Å². The van der Waals surface area contributed by atoms with E-state index in [0.29, 0.717) is 18.6 Å². The Morgan fingerprint density at radius 2 is 2.09 bits per heavy atom. The maximum Gasteiger partial charge on any atom is 0.326 e. The molecular weight excluding hydrogens is 288 g/mol. The van der Waals surface area contributed by atoms with E-state index in [4.69, 9.17) is 4.42 Å². The Labute approximate surface area is 128 Å². The molecule has 1 aliphatic heterocycles. The van der Waals surface area contributed by atoms with Gasteiger partial charge in [0.1, 0.15) is 11.8 Å². The second-order valence-corrected chi connectivity index (χ2v) is 5.32. The number of aryl methyl sites for hydroxylation is 1. The fraction of sp³-hybridized carbons (Fsp3) is 0.533. The minimum atomic E-state index is -1.06. The number of rotatable bonds is 4. The minimum Gasteiger partial charge on any atom is -0.480 e. The number of carboxylic acid groups (broad SMARTS) is 1. The van der Waals surface area contributed by atoms with E-state index >= 15 is 0 Å². The van der Waals surface area contributed by atoms with Crippen molar-refractivity contribution >= 4 is 17.8 Å². The average molecular weight is 308 g/mol. The molecule has 2 N–H and O–H groups in total. The van der Waals surface area contributed by atoms with Crippen molar-refractivity contribution in [1.29, 1.82) is 0 Å². The highest BCUT2D eigenvalue weighted by atomic mass is 16.4. The quantitative estimate of drug-likeness (QED) is 0.860. The first-order valence-corrected chi connectivity index (χ1v) is 7.32. The molecule has 0 radical (unpaired) electrons. The van der Waals surface area contributed by atoms with Gasteiger partial charge in [-0.15, -0.1) is 0 Å². The van der Waals surface area contributed by atoms with Crippen LogP contribution in [-0.2, 0) is 16.0 Å². The Morgan fingerprint density at radius 1 is 1.36 bits per heavy atom. The molecule has 0 bridgehead atoms. The standard InChI is InChI=1S/C15H20N2O5/c1-3-10-5-7-12(22-10)14(19)17-8-9(13(18)16-2)4-6-11(17)15(20)21/h5,7,9,11H,3-4,6,8H2,1-2H3,(H,16,18)(H,20,21)/t9-,11-/m0/s1. The molecule has 1 fully saturated rings. The second kappa shape index (κ2) is 6.64. The van der Waals surface area contributed by atoms with Gasteiger partial charge in [-0.3, -0.25) is 9.59 Å². The molecule has 1 saturated heterocycles. The number of furan rings is 1. The second-order valence-electron chi connectivity index (χ2n) is 5.32. The molecule has 0 unspecified atom stereocenters. The maximum atomic E-state index is 12.5. The van der Waals surface area contributed by atoms with Gasteiger partial charge in [0.2, 0.25) is 5.91 Å². The number of nitrogens with zero attached hydrogens (tertiary/aromatic N) is 1. The van der Waals surface area contributed by atoms with E-state index in [1.165, 1.54) is 11.9 Å². The Morgan fingerprint density at radius 3 is 2.64 bits per heavy atom. The lowest BCUT2D eigenvalue weighted by molar-refractivity contribution is -0.145. The lowest BCUT2D eigenvalue weighted by Crippen LogP contribution is -2.53. The highest BCUT2D eigenvalue weighted by molar-refractivity contribution is 5.95. The van der Waals surface area contributed by atoms with Crippen molar-refractivity contribution in [3.05, 3.63) is 23.7 Å². The van der Waals surface area contributed by atoms with Crippen molar-refractivity contribution in [3.63, 3.8) is 0 Å². The summed E-state index contributed by atoms with van der Waals surface area (Å²) >= 11 is 0. The Bertz CT molecular complexity index is 580. The Hall–Kier alpha value is -2.31. The maximum absolute atomic E-state index is 12.5. The number of hydrogen-bond acceptors (Lipinski definition) is 4. The summed E-state index contributed by atoms with van der Waals surface area (Å²) in [7, 11) is 1.53. The van der Waals surface area contributed by atoms with E-state index in [-0.39, 0.29) is 24.6 Å². The van der Waals surface area contributed by atoms with E-state index in [1.54, 1.807) is 12.1 Å². The largest absolute Gasteiger partial charge is 0.480 e. The van der Waals surface area contributed by atoms with Gasteiger partial charge in [0, 0.05) is 20.0 Å². The van der Waals surface area contributed by atoms with Gasteiger partial charge in [-0.2, -0.15) is 0 Å². The minimum absolute atomic E-state index is 0.0810. The van der Waals surface area contributed by atoms with Crippen LogP contribution in [0.3, 0.4) is 0 Å². The van der Waals surface area contributed by atoms with Crippen LogP contribution in [0.25, 0.3) is 0 Å². The summed E-state index contributed by atoms with van der Waals surface area (Å²) in [4.78, 5) is 36.9. The monoisotopic (exact) mass is 308 g/mol. The van der Waals surface area contributed by atoms with Gasteiger partial charge in [0.05, 0.1) is 5.92 Å². The van der Waals surface area contributed by atoms with Gasteiger partial charge in [-0.25, -0.2) is 4.79 Å². The molecular formula is C15H20N2O5. The third-order valence-electron chi connectivity index (χ3n) is 3.97. The van der Waals surface area contributed by atoms with E-state index in [1.807, 2.05) is 6.92 Å². The zero-order chi connectivity index (χ0) is 16.3. The van der Waals surface area contributed by atoms with E-state index < -0.39 is 23.8 Å². The predicted octanol–water partition coefficient (Wildman–Crippen LogP) is 0.893. The zero-order valence-corrected chi connectivity index (χ0v) is 12.7. The molecule has 2 rings (SSSR count). The number of likely N-dealkylation sites (tertiary alicyclic amines) is 1. The summed E-state index contributed by atoms with van der Waals surface area (Å²) in [5, 5.41) is 11.9. The summed E-state index contributed by atoms with van der Waals surface area (Å²) in [6.07, 6.45) is 1.34. The first-order chi connectivity index (χ1) is 10.5. The molecule has 7 heteroatoms. The van der Waals surface area contributed by atoms with Gasteiger partial charge >= 0.3 is 5.97 Å². The molecule has 1 aromatic heterocycles. The first-order valence-electron chi connectivity index (χ1n) is 7.32. The lowest BCUT2D eigenvalue weighted by Gasteiger charge is -2.36. The fourth-order valence-corrected chi connectivity index (χ4v) is 2.69. The summed E-state index contributed by atoms with van der Waals surface area (Å²) in [5.41, 5.74) is 0. The van der Waals surface area contributed by atoms with Gasteiger partial charge in [0.25, 0.3) is 5.91 Å². The van der Waals surface area contributed by atoms with Crippen molar-refractivity contribution in [2.75, 3.05) is 13.6 Å². The number of aliphatic carboxylic acids is 1. The van der Waals surface area contributed by atoms with Crippen molar-refractivity contribution in [2.24, 2.45) is 5.92 Å². The number of carbonyl (C=O) groups excluding carboxylic acids is 2. The molecule has 1 aliphatic rings. The third kappa shape index (κ3) is 3.13. The van der Waals surface area contributed by atoms with Gasteiger partial charge < -0.3 is 19.7 Å². The lowest BCUT2D eigenvalue weighted by atomic mass is 9.91. The molecule has 0 aliphatic carbocycles. The molecule has 0 aromatic carbocycles. The summed E-state index contributed by atoms with van der Waals surface area (Å²) in [5.74, 6) is -1.36. The fourth-order valence-electron chi connectivity index (χ4n) is 2.69. The third-order valence-corrected chi connectivity index (χ3v) is 3.97. The molecule has 120 valence electrons. The van der Waals surface area contributed by atoms with Gasteiger partial charge in [-0.1, -0.05) is 6.92 Å². The number of nitrogens with one attached hydrogen (secondary N) is 1. The number of amides is 2. The van der Waals surface area contributed by atoms with Crippen LogP contribution >= 0.6 is 0 Å². The van der Waals surface area contributed by atoms with Gasteiger partial charge in [-0.05, 0) is 25.0 Å². The van der Waals surface area contributed by atoms with Crippen LogP contribution in [0.4, 0.5) is 0 Å². The molecule has 2 heterocycles. The zero-order valence-electron chi connectivity index (χ0n) is 12.7. The number of hydrogen-bond donors (Lipinski definition) is 2. The summed E-state index contributed by atoms with van der Waals surface area (Å²) in [6, 6.07) is 2.32. The van der Waals surface area contributed by atoms with Crippen molar-refractivity contribution < 1.29 is 23.9 Å². The van der Waals surface area contributed by atoms with Crippen LogP contribution in [-0.4, -0.2) is 47.4 Å². The van der Waals surface area contributed by atoms with Crippen molar-refractivity contribution in [3.8, 4) is 0 Å². The van der Waals surface area contributed by atoms with Crippen LogP contribution < -0.4 is 5.32 Å². The van der Waals surface area contributed by atoms with Crippen LogP contribution in [0.15, 0.2) is 16.5 Å². The van der Waals surface area contributed by atoms with Crippen LogP contribution in [0.5, 0.6) is 0 Å². The molecule has 1 aromatic rings. The SMILES string of the molecule is CCc1ccc(C(=O)N2C[C@@H](C(=O)NC)CC[C@H]2C(=O)O)o1. The van der Waals surface area contributed by atoms with Crippen molar-refractivity contribution in [2.45, 2.75) is 32.2 Å². The molecule has 0 spiro atoms.